The van der Waals surface area contributed by atoms with Crippen LogP contribution in [-0.2, 0) is 4.79 Å². The van der Waals surface area contributed by atoms with Gasteiger partial charge in [0.2, 0.25) is 0 Å². The summed E-state index contributed by atoms with van der Waals surface area (Å²) in [6.45, 7) is 1.54. The van der Waals surface area contributed by atoms with Crippen LogP contribution in [0.15, 0.2) is 66.0 Å². The van der Waals surface area contributed by atoms with Crippen LogP contribution >= 0.6 is 11.3 Å². The third-order valence-electron chi connectivity index (χ3n) is 5.24. The van der Waals surface area contributed by atoms with Crippen LogP contribution in [0, 0.1) is 6.92 Å². The van der Waals surface area contributed by atoms with Crippen molar-refractivity contribution in [1.29, 1.82) is 0 Å². The van der Waals surface area contributed by atoms with E-state index in [9.17, 15) is 14.4 Å². The van der Waals surface area contributed by atoms with E-state index in [1.807, 2.05) is 43.3 Å². The summed E-state index contributed by atoms with van der Waals surface area (Å²) in [7, 11) is 1.53. The molecule has 8 nitrogen and oxygen atoms in total. The molecule has 3 amide bonds. The Morgan fingerprint density at radius 1 is 0.914 bits per heavy atom. The zero-order chi connectivity index (χ0) is 24.9. The quantitative estimate of drug-likeness (QED) is 0.334. The number of carbonyl (C=O) groups is 3. The summed E-state index contributed by atoms with van der Waals surface area (Å²) in [6, 6.07) is 18.0. The smallest absolute Gasteiger partial charge is 0.262 e. The van der Waals surface area contributed by atoms with E-state index in [4.69, 9.17) is 15.2 Å². The molecule has 35 heavy (non-hydrogen) atoms. The minimum Gasteiger partial charge on any atom is -0.495 e. The van der Waals surface area contributed by atoms with Crippen LogP contribution in [0.1, 0.15) is 26.3 Å². The summed E-state index contributed by atoms with van der Waals surface area (Å²) in [5, 5.41) is 9.19. The molecule has 0 bridgehead atoms. The molecule has 178 valence electrons. The van der Waals surface area contributed by atoms with E-state index in [1.54, 1.807) is 23.6 Å². The number of nitrogens with two attached hydrogens (primary N) is 1. The molecule has 0 aliphatic rings. The van der Waals surface area contributed by atoms with E-state index in [0.29, 0.717) is 16.4 Å². The molecule has 0 radical (unpaired) electrons. The molecule has 4 N–H and O–H groups in total. The van der Waals surface area contributed by atoms with Gasteiger partial charge in [-0.25, -0.2) is 0 Å². The van der Waals surface area contributed by atoms with Gasteiger partial charge >= 0.3 is 0 Å². The molecule has 0 unspecified atom stereocenters. The second-order valence-electron chi connectivity index (χ2n) is 7.72. The lowest BCUT2D eigenvalue weighted by Gasteiger charge is -2.15. The Kier molecular flexibility index (Phi) is 6.98. The van der Waals surface area contributed by atoms with Crippen molar-refractivity contribution in [2.45, 2.75) is 6.92 Å². The van der Waals surface area contributed by atoms with E-state index in [1.165, 1.54) is 24.5 Å². The van der Waals surface area contributed by atoms with Crippen molar-refractivity contribution in [3.05, 3.63) is 82.7 Å². The van der Waals surface area contributed by atoms with Crippen molar-refractivity contribution in [2.24, 2.45) is 5.73 Å². The number of nitrogens with one attached hydrogen (secondary N) is 2. The summed E-state index contributed by atoms with van der Waals surface area (Å²) in [6.07, 6.45) is 0. The number of benzene rings is 3. The van der Waals surface area contributed by atoms with Crippen molar-refractivity contribution in [3.8, 4) is 11.5 Å². The van der Waals surface area contributed by atoms with Crippen LogP contribution in [0.2, 0.25) is 0 Å². The molecule has 0 atom stereocenters. The van der Waals surface area contributed by atoms with Crippen molar-refractivity contribution < 1.29 is 23.9 Å². The second-order valence-corrected chi connectivity index (χ2v) is 8.63. The number of thiophene rings is 1. The topological polar surface area (TPSA) is 120 Å². The molecule has 0 saturated carbocycles. The number of hydrogen-bond acceptors (Lipinski definition) is 6. The molecule has 4 aromatic rings. The minimum atomic E-state index is -0.637. The maximum absolute atomic E-state index is 13.3. The lowest BCUT2D eigenvalue weighted by atomic mass is 10.0. The zero-order valence-electron chi connectivity index (χ0n) is 19.1. The minimum absolute atomic E-state index is 0.223. The van der Waals surface area contributed by atoms with Crippen molar-refractivity contribution in [1.82, 2.24) is 0 Å². The highest BCUT2D eigenvalue weighted by Gasteiger charge is 2.18. The number of hydrogen-bond donors (Lipinski definition) is 3. The average Bonchev–Trinajstić information content (AvgIpc) is 3.30. The van der Waals surface area contributed by atoms with Gasteiger partial charge in [-0.1, -0.05) is 30.3 Å². The van der Waals surface area contributed by atoms with E-state index in [-0.39, 0.29) is 23.5 Å². The normalized spacial score (nSPS) is 10.6. The molecule has 4 rings (SSSR count). The number of amides is 3. The molecule has 0 aliphatic heterocycles. The van der Waals surface area contributed by atoms with Gasteiger partial charge in [-0.15, -0.1) is 11.3 Å². The molecular formula is C26H23N3O5S. The Bertz CT molecular complexity index is 1430. The zero-order valence-corrected chi connectivity index (χ0v) is 19.9. The van der Waals surface area contributed by atoms with Gasteiger partial charge in [0.25, 0.3) is 17.7 Å². The van der Waals surface area contributed by atoms with Gasteiger partial charge in [0, 0.05) is 0 Å². The molecule has 0 spiro atoms. The fourth-order valence-corrected chi connectivity index (χ4v) is 4.34. The standard InChI is InChI=1S/C26H23N3O5S/c1-15-7-8-21(33-2)20(11-15)28-25(32)19-12-16-5-3-4-6-17(16)13-22(19)34-14-23(30)29-26-18(24(27)31)9-10-35-26/h3-13H,14H2,1-2H3,(H2,27,31)(H,28,32)(H,29,30). The third-order valence-corrected chi connectivity index (χ3v) is 6.07. The van der Waals surface area contributed by atoms with Crippen LogP contribution in [0.25, 0.3) is 10.8 Å². The van der Waals surface area contributed by atoms with Gasteiger partial charge in [0.05, 0.1) is 23.9 Å². The summed E-state index contributed by atoms with van der Waals surface area (Å²) in [5.74, 6) is -0.779. The number of anilines is 2. The van der Waals surface area contributed by atoms with Crippen molar-refractivity contribution in [2.75, 3.05) is 24.4 Å². The first-order chi connectivity index (χ1) is 16.9. The first-order valence-electron chi connectivity index (χ1n) is 10.6. The molecule has 0 aliphatic carbocycles. The number of primary amides is 1. The van der Waals surface area contributed by atoms with Crippen molar-refractivity contribution >= 4 is 50.5 Å². The van der Waals surface area contributed by atoms with E-state index >= 15 is 0 Å². The molecule has 3 aromatic carbocycles. The van der Waals surface area contributed by atoms with Gasteiger partial charge in [-0.3, -0.25) is 14.4 Å². The van der Waals surface area contributed by atoms with Crippen LogP contribution < -0.4 is 25.8 Å². The Labute approximate surface area is 205 Å². The van der Waals surface area contributed by atoms with Gasteiger partial charge in [-0.05, 0) is 59.0 Å². The fraction of sp³-hybridized carbons (Fsp3) is 0.115. The summed E-state index contributed by atoms with van der Waals surface area (Å²) in [4.78, 5) is 37.3. The van der Waals surface area contributed by atoms with Crippen molar-refractivity contribution in [3.63, 3.8) is 0 Å². The van der Waals surface area contributed by atoms with E-state index in [2.05, 4.69) is 10.6 Å². The highest BCUT2D eigenvalue weighted by Crippen LogP contribution is 2.30. The SMILES string of the molecule is COc1ccc(C)cc1NC(=O)c1cc2ccccc2cc1OCC(=O)Nc1sccc1C(N)=O. The van der Waals surface area contributed by atoms with Gasteiger partial charge in [0.15, 0.2) is 6.61 Å². The lowest BCUT2D eigenvalue weighted by Crippen LogP contribution is -2.23. The number of methoxy groups -OCH3 is 1. The number of rotatable bonds is 8. The number of aryl methyl sites for hydroxylation is 1. The summed E-state index contributed by atoms with van der Waals surface area (Å²) < 4.78 is 11.1. The predicted molar refractivity (Wildman–Crippen MR) is 137 cm³/mol. The van der Waals surface area contributed by atoms with Crippen LogP contribution in [0.5, 0.6) is 11.5 Å². The Morgan fingerprint density at radius 3 is 2.37 bits per heavy atom. The average molecular weight is 490 g/mol. The fourth-order valence-electron chi connectivity index (χ4n) is 3.53. The largest absolute Gasteiger partial charge is 0.495 e. The van der Waals surface area contributed by atoms with Gasteiger partial charge < -0.3 is 25.8 Å². The van der Waals surface area contributed by atoms with Crippen LogP contribution in [0.4, 0.5) is 10.7 Å². The number of fused-ring (bicyclic) bond motifs is 1. The van der Waals surface area contributed by atoms with E-state index < -0.39 is 17.7 Å². The maximum Gasteiger partial charge on any atom is 0.262 e. The van der Waals surface area contributed by atoms with Gasteiger partial charge in [0.1, 0.15) is 16.5 Å². The highest BCUT2D eigenvalue weighted by molar-refractivity contribution is 7.14. The van der Waals surface area contributed by atoms with E-state index in [0.717, 1.165) is 16.3 Å². The second kappa shape index (κ2) is 10.3. The van der Waals surface area contributed by atoms with Crippen LogP contribution in [-0.4, -0.2) is 31.4 Å². The Hall–Kier alpha value is -4.37. The Morgan fingerprint density at radius 2 is 1.66 bits per heavy atom. The molecule has 9 heteroatoms. The number of carbonyl (C=O) groups excluding carboxylic acids is 3. The highest BCUT2D eigenvalue weighted by atomic mass is 32.1. The monoisotopic (exact) mass is 489 g/mol. The Balaban J connectivity index is 1.59. The van der Waals surface area contributed by atoms with Crippen LogP contribution in [0.3, 0.4) is 0 Å². The number of ether oxygens (including phenoxy) is 2. The summed E-state index contributed by atoms with van der Waals surface area (Å²) >= 11 is 1.18. The molecule has 1 heterocycles. The summed E-state index contributed by atoms with van der Waals surface area (Å²) in [5.41, 5.74) is 7.29. The first-order valence-corrected chi connectivity index (χ1v) is 11.5. The first kappa shape index (κ1) is 23.8. The molecule has 0 saturated heterocycles. The predicted octanol–water partition coefficient (Wildman–Crippen LogP) is 4.59. The molecule has 1 aromatic heterocycles. The molecule has 0 fully saturated rings. The third kappa shape index (κ3) is 5.42. The lowest BCUT2D eigenvalue weighted by molar-refractivity contribution is -0.118. The maximum atomic E-state index is 13.3. The van der Waals surface area contributed by atoms with Gasteiger partial charge in [-0.2, -0.15) is 0 Å². The molecular weight excluding hydrogens is 466 g/mol.